The molecule has 1 heterocycles. The van der Waals surface area contributed by atoms with E-state index in [4.69, 9.17) is 4.79 Å². The largest absolute Gasteiger partial charge is 0.317 e. The second-order valence-corrected chi connectivity index (χ2v) is 5.03. The molecule has 0 spiro atoms. The van der Waals surface area contributed by atoms with Crippen molar-refractivity contribution in [1.29, 1.82) is 0 Å². The summed E-state index contributed by atoms with van der Waals surface area (Å²) >= 11 is 0. The molecule has 0 aromatic rings. The van der Waals surface area contributed by atoms with Crippen LogP contribution in [0.1, 0.15) is 67.7 Å². The van der Waals surface area contributed by atoms with E-state index in [0.717, 1.165) is 12.6 Å². The number of rotatable bonds is 7. The average Bonchev–Trinajstić information content (AvgIpc) is 3.01. The normalized spacial score (nSPS) is 18.3. The Morgan fingerprint density at radius 3 is 2.04 bits per heavy atom. The van der Waals surface area contributed by atoms with E-state index in [2.05, 4.69) is 43.0 Å². The summed E-state index contributed by atoms with van der Waals surface area (Å²) in [6.45, 7) is 24.5. The zero-order valence-corrected chi connectivity index (χ0v) is 18.0. The Balaban J connectivity index is -0.000000190. The summed E-state index contributed by atoms with van der Waals surface area (Å²) in [6.07, 6.45) is 5.69. The molecule has 2 atom stereocenters. The zero-order valence-electron chi connectivity index (χ0n) is 18.0. The van der Waals surface area contributed by atoms with Gasteiger partial charge in [-0.2, -0.15) is 0 Å². The molecule has 1 fully saturated rings. The molecule has 1 aliphatic heterocycles. The van der Waals surface area contributed by atoms with E-state index in [1.54, 1.807) is 6.08 Å². The fourth-order valence-corrected chi connectivity index (χ4v) is 2.36. The molecule has 24 heavy (non-hydrogen) atoms. The van der Waals surface area contributed by atoms with Gasteiger partial charge in [0.25, 0.3) is 0 Å². The van der Waals surface area contributed by atoms with Crippen LogP contribution >= 0.6 is 0 Å². The smallest absolute Gasteiger partial charge is 0.106 e. The molecule has 0 saturated carbocycles. The number of nitrogens with one attached hydrogen (secondary N) is 2. The Kier molecular flexibility index (Phi) is 39.1. The Morgan fingerprint density at radius 2 is 1.67 bits per heavy atom. The van der Waals surface area contributed by atoms with Gasteiger partial charge in [-0.15, -0.1) is 6.58 Å². The Labute approximate surface area is 153 Å². The highest BCUT2D eigenvalue weighted by atomic mass is 16.1. The van der Waals surface area contributed by atoms with Gasteiger partial charge >= 0.3 is 0 Å². The van der Waals surface area contributed by atoms with Gasteiger partial charge in [0, 0.05) is 18.6 Å². The Bertz CT molecular complexity index is 213. The lowest BCUT2D eigenvalue weighted by Gasteiger charge is -2.20. The van der Waals surface area contributed by atoms with Crippen LogP contribution in [0.25, 0.3) is 0 Å². The minimum atomic E-state index is 0.716. The summed E-state index contributed by atoms with van der Waals surface area (Å²) in [5.74, 6) is 0. The number of allylic oxidation sites excluding steroid dienone is 1. The van der Waals surface area contributed by atoms with Crippen molar-refractivity contribution in [2.24, 2.45) is 0 Å². The number of likely N-dealkylation sites (tertiary alicyclic amines) is 1. The number of hydrogen-bond acceptors (Lipinski definition) is 4. The van der Waals surface area contributed by atoms with Crippen LogP contribution in [0.2, 0.25) is 0 Å². The molecule has 2 N–H and O–H groups in total. The van der Waals surface area contributed by atoms with Crippen molar-refractivity contribution in [3.63, 3.8) is 0 Å². The van der Waals surface area contributed by atoms with Crippen LogP contribution < -0.4 is 10.6 Å². The van der Waals surface area contributed by atoms with Crippen LogP contribution in [0.15, 0.2) is 12.7 Å². The summed E-state index contributed by atoms with van der Waals surface area (Å²) in [4.78, 5) is 10.6. The second-order valence-electron chi connectivity index (χ2n) is 5.03. The van der Waals surface area contributed by atoms with Crippen LogP contribution in [0.4, 0.5) is 0 Å². The molecule has 148 valence electrons. The molecular formula is C20H47N3O. The van der Waals surface area contributed by atoms with Crippen molar-refractivity contribution in [2.75, 3.05) is 33.2 Å². The number of nitrogens with zero attached hydrogens (tertiary/aromatic N) is 1. The summed E-state index contributed by atoms with van der Waals surface area (Å²) in [7, 11) is 2.08. The van der Waals surface area contributed by atoms with Crippen LogP contribution in [0.3, 0.4) is 0 Å². The summed E-state index contributed by atoms with van der Waals surface area (Å²) in [6, 6.07) is 1.48. The van der Waals surface area contributed by atoms with E-state index in [1.165, 1.54) is 38.9 Å². The van der Waals surface area contributed by atoms with Crippen LogP contribution in [-0.2, 0) is 4.79 Å². The third kappa shape index (κ3) is 21.3. The molecule has 1 rings (SSSR count). The first-order valence-corrected chi connectivity index (χ1v) is 9.67. The molecule has 4 nitrogen and oxygen atoms in total. The van der Waals surface area contributed by atoms with Crippen molar-refractivity contribution >= 4 is 6.79 Å². The highest BCUT2D eigenvalue weighted by Crippen LogP contribution is 2.17. The minimum absolute atomic E-state index is 0.716. The van der Waals surface area contributed by atoms with Crippen molar-refractivity contribution in [2.45, 2.75) is 79.8 Å². The van der Waals surface area contributed by atoms with Crippen molar-refractivity contribution in [1.82, 2.24) is 15.5 Å². The van der Waals surface area contributed by atoms with Gasteiger partial charge in [0.15, 0.2) is 0 Å². The molecule has 0 bridgehead atoms. The van der Waals surface area contributed by atoms with Crippen molar-refractivity contribution < 1.29 is 4.79 Å². The zero-order chi connectivity index (χ0) is 19.8. The molecule has 4 heteroatoms. The Morgan fingerprint density at radius 1 is 1.17 bits per heavy atom. The maximum atomic E-state index is 8.00. The molecule has 0 radical (unpaired) electrons. The first-order chi connectivity index (χ1) is 11.7. The minimum Gasteiger partial charge on any atom is -0.317 e. The average molecular weight is 346 g/mol. The van der Waals surface area contributed by atoms with E-state index in [9.17, 15) is 0 Å². The molecule has 0 amide bonds. The van der Waals surface area contributed by atoms with Crippen LogP contribution in [-0.4, -0.2) is 57.0 Å². The van der Waals surface area contributed by atoms with Gasteiger partial charge in [-0.25, -0.2) is 0 Å². The van der Waals surface area contributed by atoms with Gasteiger partial charge in [-0.3, -0.25) is 4.90 Å². The molecule has 1 saturated heterocycles. The molecule has 2 unspecified atom stereocenters. The van der Waals surface area contributed by atoms with Gasteiger partial charge in [-0.1, -0.05) is 40.7 Å². The fourth-order valence-electron chi connectivity index (χ4n) is 2.36. The van der Waals surface area contributed by atoms with Gasteiger partial charge in [0.2, 0.25) is 0 Å². The highest BCUT2D eigenvalue weighted by molar-refractivity contribution is 5.11. The number of unbranched alkanes of at least 4 members (excludes halogenated alkanes) is 1. The van der Waals surface area contributed by atoms with Gasteiger partial charge < -0.3 is 15.4 Å². The third-order valence-electron chi connectivity index (χ3n) is 3.41. The number of hydrogen-bond donors (Lipinski definition) is 2. The number of likely N-dealkylation sites (N-methyl/N-ethyl adjacent to an activating group) is 1. The lowest BCUT2D eigenvalue weighted by Crippen LogP contribution is -2.32. The third-order valence-corrected chi connectivity index (χ3v) is 3.41. The summed E-state index contributed by atoms with van der Waals surface area (Å²) in [5.41, 5.74) is 0. The molecule has 0 aromatic carbocycles. The van der Waals surface area contributed by atoms with E-state index in [-0.39, 0.29) is 0 Å². The van der Waals surface area contributed by atoms with Crippen LogP contribution in [0.5, 0.6) is 0 Å². The monoisotopic (exact) mass is 345 g/mol. The lowest BCUT2D eigenvalue weighted by molar-refractivity contribution is -0.0979. The van der Waals surface area contributed by atoms with E-state index in [0.29, 0.717) is 6.04 Å². The first kappa shape index (κ1) is 31.1. The topological polar surface area (TPSA) is 44.4 Å². The van der Waals surface area contributed by atoms with Gasteiger partial charge in [0.1, 0.15) is 6.79 Å². The molecule has 1 aliphatic rings. The predicted molar refractivity (Wildman–Crippen MR) is 112 cm³/mol. The maximum absolute atomic E-state index is 8.00. The first-order valence-electron chi connectivity index (χ1n) is 9.67. The number of carbonyl (C=O) groups is 1. The number of carbonyl (C=O) groups excluding carboxylic acids is 1. The summed E-state index contributed by atoms with van der Waals surface area (Å²) in [5, 5.41) is 6.75. The standard InChI is InChI=1S/C12H27N3.C3H6.2C2H6.CH2O/c1-4-14-7-5-6-8-15-10-12(13-3)9-11(15)2;1-3-2;3*1-2/h11-14H,4-10H2,1-3H3;3H,1H2,2H3;2*1-2H3;1H2. The lowest BCUT2D eigenvalue weighted by atomic mass is 10.2. The van der Waals surface area contributed by atoms with E-state index in [1.807, 2.05) is 41.4 Å². The fraction of sp³-hybridized carbons (Fsp3) is 0.850. The molecule has 0 aromatic heterocycles. The van der Waals surface area contributed by atoms with Crippen molar-refractivity contribution in [3.05, 3.63) is 12.7 Å². The second kappa shape index (κ2) is 30.2. The SMILES string of the molecule is C=CC.C=O.CC.CC.CCNCCCCN1CC(NC)CC1C. The predicted octanol–water partition coefficient (Wildman–Crippen LogP) is 4.12. The highest BCUT2D eigenvalue weighted by Gasteiger charge is 2.26. The Hall–Kier alpha value is -0.710. The van der Waals surface area contributed by atoms with Gasteiger partial charge in [-0.05, 0) is 59.8 Å². The molecule has 0 aliphatic carbocycles. The molecular weight excluding hydrogens is 298 g/mol. The quantitative estimate of drug-likeness (QED) is 0.538. The van der Waals surface area contributed by atoms with Crippen LogP contribution in [0, 0.1) is 0 Å². The van der Waals surface area contributed by atoms with Gasteiger partial charge in [0.05, 0.1) is 0 Å². The van der Waals surface area contributed by atoms with E-state index >= 15 is 0 Å². The van der Waals surface area contributed by atoms with Crippen molar-refractivity contribution in [3.8, 4) is 0 Å². The van der Waals surface area contributed by atoms with E-state index < -0.39 is 0 Å². The maximum Gasteiger partial charge on any atom is 0.106 e. The summed E-state index contributed by atoms with van der Waals surface area (Å²) < 4.78 is 0.